The molecule has 2 atom stereocenters. The van der Waals surface area contributed by atoms with Crippen molar-refractivity contribution in [1.82, 2.24) is 15.2 Å². The van der Waals surface area contributed by atoms with Gasteiger partial charge >= 0.3 is 0 Å². The van der Waals surface area contributed by atoms with Crippen molar-refractivity contribution in [3.8, 4) is 0 Å². The van der Waals surface area contributed by atoms with Crippen molar-refractivity contribution in [3.63, 3.8) is 0 Å². The molecule has 2 aromatic rings. The van der Waals surface area contributed by atoms with Gasteiger partial charge in [0.15, 0.2) is 0 Å². The number of carbonyl (C=O) groups excluding carboxylic acids is 1. The average molecular weight is 311 g/mol. The second-order valence-electron chi connectivity index (χ2n) is 6.57. The predicted molar refractivity (Wildman–Crippen MR) is 89.7 cm³/mol. The fraction of sp³-hybridized carbons (Fsp3) is 0.444. The van der Waals surface area contributed by atoms with Gasteiger partial charge in [0.2, 0.25) is 0 Å². The summed E-state index contributed by atoms with van der Waals surface area (Å²) in [7, 11) is 0. The lowest BCUT2D eigenvalue weighted by Crippen LogP contribution is -2.47. The molecule has 3 heterocycles. The van der Waals surface area contributed by atoms with Crippen LogP contribution in [0.25, 0.3) is 10.8 Å². The summed E-state index contributed by atoms with van der Waals surface area (Å²) >= 11 is 0. The largest absolute Gasteiger partial charge is 0.346 e. The quantitative estimate of drug-likeness (QED) is 0.890. The van der Waals surface area contributed by atoms with Crippen LogP contribution in [0.1, 0.15) is 36.2 Å². The van der Waals surface area contributed by atoms with Gasteiger partial charge in [-0.1, -0.05) is 24.6 Å². The smallest absolute Gasteiger partial charge is 0.268 e. The van der Waals surface area contributed by atoms with Crippen LogP contribution in [0.4, 0.5) is 0 Å². The van der Waals surface area contributed by atoms with Crippen LogP contribution in [0, 0.1) is 0 Å². The Morgan fingerprint density at radius 2 is 2.04 bits per heavy atom. The van der Waals surface area contributed by atoms with E-state index in [1.807, 2.05) is 18.2 Å². The van der Waals surface area contributed by atoms with Gasteiger partial charge in [0.1, 0.15) is 5.69 Å². The van der Waals surface area contributed by atoms with Crippen LogP contribution in [0.15, 0.2) is 35.1 Å². The molecule has 0 radical (unpaired) electrons. The van der Waals surface area contributed by atoms with Gasteiger partial charge in [0, 0.05) is 24.0 Å². The van der Waals surface area contributed by atoms with E-state index in [0.29, 0.717) is 17.1 Å². The van der Waals surface area contributed by atoms with Gasteiger partial charge in [0.05, 0.1) is 0 Å². The normalized spacial score (nSPS) is 24.5. The number of amides is 1. The number of pyridine rings is 1. The summed E-state index contributed by atoms with van der Waals surface area (Å²) in [6, 6.07) is 9.75. The van der Waals surface area contributed by atoms with Crippen molar-refractivity contribution in [2.75, 3.05) is 13.1 Å². The highest BCUT2D eigenvalue weighted by Gasteiger charge is 2.36. The summed E-state index contributed by atoms with van der Waals surface area (Å²) in [5.41, 5.74) is 0.141. The SMILES string of the molecule is O=C(NC1CCN2CCCCC12)c1cc2ccccc2c(=O)[nH]1. The molecule has 1 aromatic carbocycles. The van der Waals surface area contributed by atoms with Crippen molar-refractivity contribution in [3.05, 3.63) is 46.4 Å². The first kappa shape index (κ1) is 14.5. The van der Waals surface area contributed by atoms with Crippen LogP contribution >= 0.6 is 0 Å². The summed E-state index contributed by atoms with van der Waals surface area (Å²) < 4.78 is 0. The van der Waals surface area contributed by atoms with Gasteiger partial charge < -0.3 is 10.3 Å². The molecule has 23 heavy (non-hydrogen) atoms. The molecule has 0 saturated carbocycles. The number of piperidine rings is 1. The molecule has 2 aliphatic heterocycles. The van der Waals surface area contributed by atoms with Gasteiger partial charge in [-0.3, -0.25) is 14.5 Å². The maximum Gasteiger partial charge on any atom is 0.268 e. The third-order valence-corrected chi connectivity index (χ3v) is 5.17. The molecule has 2 unspecified atom stereocenters. The van der Waals surface area contributed by atoms with E-state index in [0.717, 1.165) is 31.3 Å². The number of hydrogen-bond donors (Lipinski definition) is 2. The Balaban J connectivity index is 1.56. The fourth-order valence-electron chi connectivity index (χ4n) is 4.00. The number of nitrogens with zero attached hydrogens (tertiary/aromatic N) is 1. The average Bonchev–Trinajstić information content (AvgIpc) is 2.98. The van der Waals surface area contributed by atoms with Gasteiger partial charge in [-0.2, -0.15) is 0 Å². The number of aromatic nitrogens is 1. The lowest BCUT2D eigenvalue weighted by molar-refractivity contribution is 0.0910. The zero-order valence-electron chi connectivity index (χ0n) is 13.0. The lowest BCUT2D eigenvalue weighted by atomic mass is 9.99. The Kier molecular flexibility index (Phi) is 3.65. The summed E-state index contributed by atoms with van der Waals surface area (Å²) in [4.78, 5) is 29.9. The number of carbonyl (C=O) groups is 1. The molecule has 0 spiro atoms. The van der Waals surface area contributed by atoms with Crippen molar-refractivity contribution in [2.45, 2.75) is 37.8 Å². The predicted octanol–water partition coefficient (Wildman–Crippen LogP) is 1.88. The Morgan fingerprint density at radius 1 is 1.17 bits per heavy atom. The summed E-state index contributed by atoms with van der Waals surface area (Å²) in [5.74, 6) is -0.176. The number of aromatic amines is 1. The first-order valence-electron chi connectivity index (χ1n) is 8.39. The van der Waals surface area contributed by atoms with E-state index < -0.39 is 0 Å². The standard InChI is InChI=1S/C18H21N3O2/c22-17-13-6-2-1-5-12(13)11-15(20-17)18(23)19-14-8-10-21-9-4-3-7-16(14)21/h1-2,5-6,11,14,16H,3-4,7-10H2,(H,19,23)(H,20,22). The van der Waals surface area contributed by atoms with Gasteiger partial charge in [-0.15, -0.1) is 0 Å². The van der Waals surface area contributed by atoms with Crippen LogP contribution in [-0.4, -0.2) is 41.0 Å². The van der Waals surface area contributed by atoms with Crippen molar-refractivity contribution < 1.29 is 4.79 Å². The second kappa shape index (κ2) is 5.81. The van der Waals surface area contributed by atoms with E-state index in [-0.39, 0.29) is 17.5 Å². The van der Waals surface area contributed by atoms with Gasteiger partial charge in [-0.05, 0) is 43.3 Å². The minimum absolute atomic E-state index is 0.176. The highest BCUT2D eigenvalue weighted by molar-refractivity contribution is 5.96. The first-order chi connectivity index (χ1) is 11.2. The number of hydrogen-bond acceptors (Lipinski definition) is 3. The third kappa shape index (κ3) is 2.65. The Hall–Kier alpha value is -2.14. The van der Waals surface area contributed by atoms with Crippen LogP contribution in [0.5, 0.6) is 0 Å². The molecular formula is C18H21N3O2. The fourth-order valence-corrected chi connectivity index (χ4v) is 4.00. The molecule has 2 saturated heterocycles. The molecule has 5 nitrogen and oxygen atoms in total. The summed E-state index contributed by atoms with van der Waals surface area (Å²) in [6.07, 6.45) is 4.64. The molecule has 1 amide bonds. The minimum Gasteiger partial charge on any atom is -0.346 e. The lowest BCUT2D eigenvalue weighted by Gasteiger charge is -2.32. The molecule has 2 N–H and O–H groups in total. The van der Waals surface area contributed by atoms with Crippen molar-refractivity contribution >= 4 is 16.7 Å². The topological polar surface area (TPSA) is 65.2 Å². The molecule has 0 aliphatic carbocycles. The Labute approximate surface area is 134 Å². The van der Waals surface area contributed by atoms with E-state index in [9.17, 15) is 9.59 Å². The van der Waals surface area contributed by atoms with Crippen molar-refractivity contribution in [1.29, 1.82) is 0 Å². The number of H-pyrrole nitrogens is 1. The molecule has 5 heteroatoms. The van der Waals surface area contributed by atoms with E-state index in [1.54, 1.807) is 12.1 Å². The number of nitrogens with one attached hydrogen (secondary N) is 2. The third-order valence-electron chi connectivity index (χ3n) is 5.17. The minimum atomic E-state index is -0.209. The first-order valence-corrected chi connectivity index (χ1v) is 8.39. The van der Waals surface area contributed by atoms with Crippen LogP contribution in [0.2, 0.25) is 0 Å². The second-order valence-corrected chi connectivity index (χ2v) is 6.57. The van der Waals surface area contributed by atoms with E-state index in [1.165, 1.54) is 12.8 Å². The van der Waals surface area contributed by atoms with E-state index >= 15 is 0 Å². The van der Waals surface area contributed by atoms with E-state index in [4.69, 9.17) is 0 Å². The molecule has 4 rings (SSSR count). The van der Waals surface area contributed by atoms with E-state index in [2.05, 4.69) is 15.2 Å². The maximum atomic E-state index is 12.6. The molecule has 1 aromatic heterocycles. The maximum absolute atomic E-state index is 12.6. The zero-order valence-corrected chi connectivity index (χ0v) is 13.0. The monoisotopic (exact) mass is 311 g/mol. The summed E-state index contributed by atoms with van der Waals surface area (Å²) in [6.45, 7) is 2.20. The molecular weight excluding hydrogens is 290 g/mol. The van der Waals surface area contributed by atoms with Crippen LogP contribution in [0.3, 0.4) is 0 Å². The van der Waals surface area contributed by atoms with Gasteiger partial charge in [0.25, 0.3) is 11.5 Å². The molecule has 120 valence electrons. The van der Waals surface area contributed by atoms with Crippen molar-refractivity contribution in [2.24, 2.45) is 0 Å². The van der Waals surface area contributed by atoms with Crippen LogP contribution < -0.4 is 10.9 Å². The summed E-state index contributed by atoms with van der Waals surface area (Å²) in [5, 5.41) is 4.55. The molecule has 0 bridgehead atoms. The number of rotatable bonds is 2. The molecule has 2 aliphatic rings. The Morgan fingerprint density at radius 3 is 2.96 bits per heavy atom. The number of fused-ring (bicyclic) bond motifs is 2. The van der Waals surface area contributed by atoms with Crippen LogP contribution in [-0.2, 0) is 0 Å². The van der Waals surface area contributed by atoms with Gasteiger partial charge in [-0.25, -0.2) is 0 Å². The molecule has 2 fully saturated rings. The Bertz CT molecular complexity index is 798. The highest BCUT2D eigenvalue weighted by atomic mass is 16.2. The zero-order chi connectivity index (χ0) is 15.8. The number of benzene rings is 1. The highest BCUT2D eigenvalue weighted by Crippen LogP contribution is 2.27.